The molecule has 1 unspecified atom stereocenters. The summed E-state index contributed by atoms with van der Waals surface area (Å²) in [6, 6.07) is 9.83. The van der Waals surface area contributed by atoms with Crippen molar-refractivity contribution in [3.05, 3.63) is 53.6 Å². The minimum absolute atomic E-state index is 0.0717. The van der Waals surface area contributed by atoms with Crippen LogP contribution in [0.1, 0.15) is 24.0 Å². The molecule has 0 aliphatic carbocycles. The van der Waals surface area contributed by atoms with Gasteiger partial charge in [-0.15, -0.1) is 0 Å². The maximum Gasteiger partial charge on any atom is 0.416 e. The van der Waals surface area contributed by atoms with Crippen molar-refractivity contribution in [2.75, 3.05) is 12.4 Å². The maximum atomic E-state index is 12.9. The fourth-order valence-corrected chi connectivity index (χ4v) is 2.15. The molecule has 24 heavy (non-hydrogen) atoms. The van der Waals surface area contributed by atoms with Crippen LogP contribution in [0.4, 0.5) is 24.5 Å². The summed E-state index contributed by atoms with van der Waals surface area (Å²) < 4.78 is 43.7. The second-order valence-electron chi connectivity index (χ2n) is 5.26. The number of benzene rings is 2. The van der Waals surface area contributed by atoms with E-state index in [1.807, 2.05) is 0 Å². The van der Waals surface area contributed by atoms with E-state index in [-0.39, 0.29) is 11.4 Å². The van der Waals surface area contributed by atoms with Crippen LogP contribution in [0.25, 0.3) is 0 Å². The second-order valence-corrected chi connectivity index (χ2v) is 5.26. The van der Waals surface area contributed by atoms with Gasteiger partial charge < -0.3 is 15.2 Å². The first-order valence-corrected chi connectivity index (χ1v) is 7.07. The molecule has 2 aromatic rings. The van der Waals surface area contributed by atoms with Crippen molar-refractivity contribution in [3.63, 3.8) is 0 Å². The van der Waals surface area contributed by atoms with Crippen molar-refractivity contribution >= 4 is 17.3 Å². The van der Waals surface area contributed by atoms with Gasteiger partial charge in [-0.05, 0) is 36.8 Å². The molecule has 0 saturated heterocycles. The molecule has 0 saturated carbocycles. The predicted molar refractivity (Wildman–Crippen MR) is 83.8 cm³/mol. The van der Waals surface area contributed by atoms with Crippen molar-refractivity contribution in [2.45, 2.75) is 19.0 Å². The minimum atomic E-state index is -4.50. The van der Waals surface area contributed by atoms with Gasteiger partial charge in [0.2, 0.25) is 0 Å². The number of halogens is 3. The van der Waals surface area contributed by atoms with Crippen molar-refractivity contribution in [1.82, 2.24) is 0 Å². The minimum Gasteiger partial charge on any atom is -0.497 e. The van der Waals surface area contributed by atoms with Gasteiger partial charge >= 0.3 is 12.1 Å². The van der Waals surface area contributed by atoms with Gasteiger partial charge in [-0.3, -0.25) is 4.79 Å². The summed E-state index contributed by atoms with van der Waals surface area (Å²) in [6.45, 7) is 1.54. The fraction of sp³-hybridized carbons (Fsp3) is 0.235. The molecule has 0 heterocycles. The number of alkyl halides is 3. The number of hydrogen-bond acceptors (Lipinski definition) is 3. The molecule has 2 aromatic carbocycles. The Morgan fingerprint density at radius 2 is 1.88 bits per heavy atom. The van der Waals surface area contributed by atoms with E-state index >= 15 is 0 Å². The zero-order valence-electron chi connectivity index (χ0n) is 13.0. The summed E-state index contributed by atoms with van der Waals surface area (Å²) in [7, 11) is 1.29. The topological polar surface area (TPSA) is 58.6 Å². The van der Waals surface area contributed by atoms with Crippen LogP contribution in [-0.2, 0) is 11.0 Å². The summed E-state index contributed by atoms with van der Waals surface area (Å²) in [5, 5.41) is 11.9. The molecule has 0 radical (unpaired) electrons. The van der Waals surface area contributed by atoms with Crippen LogP contribution in [-0.4, -0.2) is 18.2 Å². The van der Waals surface area contributed by atoms with Crippen molar-refractivity contribution in [3.8, 4) is 5.75 Å². The standard InChI is InChI=1S/C17H16F3NO3/c1-10(16(22)23)11-4-3-5-13(6-11)21-14-7-12(17(18,19)20)8-15(9-14)24-2/h3-10,21H,1-2H3,(H,22,23). The van der Waals surface area contributed by atoms with Crippen molar-refractivity contribution < 1.29 is 27.8 Å². The molecule has 0 aliphatic heterocycles. The predicted octanol–water partition coefficient (Wildman–Crippen LogP) is 4.65. The Kier molecular flexibility index (Phi) is 5.02. The molecule has 4 nitrogen and oxygen atoms in total. The SMILES string of the molecule is COc1cc(Nc2cccc(C(C)C(=O)O)c2)cc(C(F)(F)F)c1. The lowest BCUT2D eigenvalue weighted by Crippen LogP contribution is -2.08. The number of rotatable bonds is 5. The Morgan fingerprint density at radius 3 is 2.46 bits per heavy atom. The Labute approximate surface area is 136 Å². The highest BCUT2D eigenvalue weighted by molar-refractivity contribution is 5.76. The van der Waals surface area contributed by atoms with Gasteiger partial charge in [0.15, 0.2) is 0 Å². The number of anilines is 2. The van der Waals surface area contributed by atoms with Gasteiger partial charge in [0.05, 0.1) is 18.6 Å². The van der Waals surface area contributed by atoms with Gasteiger partial charge in [0.25, 0.3) is 0 Å². The largest absolute Gasteiger partial charge is 0.497 e. The number of carboxylic acid groups (broad SMARTS) is 1. The summed E-state index contributed by atoms with van der Waals surface area (Å²) in [5.74, 6) is -1.63. The molecule has 0 spiro atoms. The molecule has 0 fully saturated rings. The average molecular weight is 339 g/mol. The van der Waals surface area contributed by atoms with Gasteiger partial charge in [-0.2, -0.15) is 13.2 Å². The summed E-state index contributed by atoms with van der Waals surface area (Å²) in [5.41, 5.74) is 0.398. The van der Waals surface area contributed by atoms with E-state index in [4.69, 9.17) is 9.84 Å². The lowest BCUT2D eigenvalue weighted by Gasteiger charge is -2.14. The normalized spacial score (nSPS) is 12.5. The molecule has 1 atom stereocenters. The highest BCUT2D eigenvalue weighted by Crippen LogP contribution is 2.35. The average Bonchev–Trinajstić information content (AvgIpc) is 2.53. The first-order valence-electron chi connectivity index (χ1n) is 7.07. The molecule has 0 bridgehead atoms. The number of carbonyl (C=O) groups is 1. The lowest BCUT2D eigenvalue weighted by molar-refractivity contribution is -0.138. The quantitative estimate of drug-likeness (QED) is 0.833. The molecule has 128 valence electrons. The van der Waals surface area contributed by atoms with Crippen LogP contribution < -0.4 is 10.1 Å². The van der Waals surface area contributed by atoms with Crippen LogP contribution in [0.3, 0.4) is 0 Å². The number of nitrogens with one attached hydrogen (secondary N) is 1. The first kappa shape index (κ1) is 17.7. The van der Waals surface area contributed by atoms with Crippen LogP contribution in [0.15, 0.2) is 42.5 Å². The lowest BCUT2D eigenvalue weighted by atomic mass is 10.0. The van der Waals surface area contributed by atoms with Gasteiger partial charge in [0.1, 0.15) is 5.75 Å². The third kappa shape index (κ3) is 4.18. The van der Waals surface area contributed by atoms with Crippen LogP contribution in [0, 0.1) is 0 Å². The Hall–Kier alpha value is -2.70. The summed E-state index contributed by atoms with van der Waals surface area (Å²) >= 11 is 0. The van der Waals surface area contributed by atoms with Crippen molar-refractivity contribution in [1.29, 1.82) is 0 Å². The highest BCUT2D eigenvalue weighted by atomic mass is 19.4. The first-order chi connectivity index (χ1) is 11.2. The van der Waals surface area contributed by atoms with Crippen LogP contribution in [0.5, 0.6) is 5.75 Å². The van der Waals surface area contributed by atoms with Crippen LogP contribution in [0.2, 0.25) is 0 Å². The molecule has 0 aliphatic rings. The van der Waals surface area contributed by atoms with Gasteiger partial charge in [-0.1, -0.05) is 12.1 Å². The summed E-state index contributed by atoms with van der Waals surface area (Å²) in [6.07, 6.45) is -4.50. The molecule has 0 aromatic heterocycles. The van der Waals surface area contributed by atoms with E-state index in [0.717, 1.165) is 12.1 Å². The summed E-state index contributed by atoms with van der Waals surface area (Å²) in [4.78, 5) is 11.0. The monoisotopic (exact) mass is 339 g/mol. The Morgan fingerprint density at radius 1 is 1.17 bits per heavy atom. The smallest absolute Gasteiger partial charge is 0.416 e. The molecule has 7 heteroatoms. The van der Waals surface area contributed by atoms with Crippen LogP contribution >= 0.6 is 0 Å². The molecule has 2 rings (SSSR count). The van der Waals surface area contributed by atoms with E-state index in [1.165, 1.54) is 20.1 Å². The number of ether oxygens (including phenoxy) is 1. The number of carboxylic acids is 1. The van der Waals surface area contributed by atoms with Crippen molar-refractivity contribution in [2.24, 2.45) is 0 Å². The Bertz CT molecular complexity index is 744. The number of methoxy groups -OCH3 is 1. The van der Waals surface area contributed by atoms with E-state index < -0.39 is 23.6 Å². The third-order valence-electron chi connectivity index (χ3n) is 3.52. The molecule has 0 amide bonds. The number of hydrogen-bond donors (Lipinski definition) is 2. The van der Waals surface area contributed by atoms with E-state index in [0.29, 0.717) is 11.3 Å². The van der Waals surface area contributed by atoms with E-state index in [1.54, 1.807) is 24.3 Å². The second kappa shape index (κ2) is 6.82. The molecule has 2 N–H and O–H groups in total. The maximum absolute atomic E-state index is 12.9. The zero-order chi connectivity index (χ0) is 17.9. The Balaban J connectivity index is 2.34. The fourth-order valence-electron chi connectivity index (χ4n) is 2.15. The van der Waals surface area contributed by atoms with Gasteiger partial charge in [0, 0.05) is 17.4 Å². The highest BCUT2D eigenvalue weighted by Gasteiger charge is 2.31. The van der Waals surface area contributed by atoms with E-state index in [2.05, 4.69) is 5.32 Å². The molecular weight excluding hydrogens is 323 g/mol. The third-order valence-corrected chi connectivity index (χ3v) is 3.52. The molecular formula is C17H16F3NO3. The number of aliphatic carboxylic acids is 1. The van der Waals surface area contributed by atoms with E-state index in [9.17, 15) is 18.0 Å². The zero-order valence-corrected chi connectivity index (χ0v) is 13.0. The van der Waals surface area contributed by atoms with Gasteiger partial charge in [-0.25, -0.2) is 0 Å².